The van der Waals surface area contributed by atoms with Crippen molar-refractivity contribution in [3.8, 4) is 0 Å². The van der Waals surface area contributed by atoms with Gasteiger partial charge in [0.1, 0.15) is 0 Å². The Bertz CT molecular complexity index is 1270. The molecule has 0 atom stereocenters. The maximum absolute atomic E-state index is 6.98. The summed E-state index contributed by atoms with van der Waals surface area (Å²) in [5.41, 5.74) is 9.09. The van der Waals surface area contributed by atoms with Crippen LogP contribution in [0.25, 0.3) is 5.70 Å². The molecule has 2 aliphatic heterocycles. The van der Waals surface area contributed by atoms with Gasteiger partial charge in [-0.05, 0) is 81.9 Å². The van der Waals surface area contributed by atoms with Gasteiger partial charge in [0.25, 0.3) is 0 Å². The first-order valence-corrected chi connectivity index (χ1v) is 13.7. The van der Waals surface area contributed by atoms with Crippen molar-refractivity contribution < 1.29 is 0 Å². The zero-order valence-electron chi connectivity index (χ0n) is 21.6. The van der Waals surface area contributed by atoms with E-state index in [0.717, 1.165) is 46.6 Å². The van der Waals surface area contributed by atoms with Gasteiger partial charge in [-0.1, -0.05) is 47.5 Å². The number of pyridine rings is 1. The van der Waals surface area contributed by atoms with Crippen LogP contribution in [0.2, 0.25) is 5.02 Å². The lowest BCUT2D eigenvalue weighted by Gasteiger charge is -2.43. The van der Waals surface area contributed by atoms with Crippen LogP contribution in [-0.4, -0.2) is 33.7 Å². The van der Waals surface area contributed by atoms with E-state index in [1.807, 2.05) is 12.4 Å². The minimum Gasteiger partial charge on any atom is -0.355 e. The Morgan fingerprint density at radius 3 is 2.36 bits per heavy atom. The van der Waals surface area contributed by atoms with Gasteiger partial charge in [-0.15, -0.1) is 0 Å². The van der Waals surface area contributed by atoms with Crippen LogP contribution in [0.5, 0.6) is 0 Å². The molecule has 0 radical (unpaired) electrons. The highest BCUT2D eigenvalue weighted by Crippen LogP contribution is 2.46. The Hall–Kier alpha value is -2.85. The topological polar surface area (TPSA) is 31.7 Å². The van der Waals surface area contributed by atoms with Gasteiger partial charge in [-0.25, -0.2) is 4.99 Å². The van der Waals surface area contributed by atoms with E-state index in [4.69, 9.17) is 16.6 Å². The summed E-state index contributed by atoms with van der Waals surface area (Å²) >= 11 is 6.98. The molecule has 4 aliphatic rings. The maximum Gasteiger partial charge on any atom is 0.152 e. The molecule has 0 N–H and O–H groups in total. The number of benzene rings is 1. The molecule has 0 bridgehead atoms. The van der Waals surface area contributed by atoms with Crippen LogP contribution in [-0.2, 0) is 12.8 Å². The molecule has 3 heterocycles. The van der Waals surface area contributed by atoms with Gasteiger partial charge in [-0.2, -0.15) is 0 Å². The molecular weight excluding hydrogens is 464 g/mol. The van der Waals surface area contributed by atoms with E-state index < -0.39 is 0 Å². The number of piperidine rings is 1. The lowest BCUT2D eigenvalue weighted by atomic mass is 9.76. The van der Waals surface area contributed by atoms with Gasteiger partial charge in [0.15, 0.2) is 5.84 Å². The molecule has 6 rings (SSSR count). The maximum atomic E-state index is 6.98. The molecule has 2 fully saturated rings. The number of rotatable bonds is 3. The van der Waals surface area contributed by atoms with Crippen LogP contribution >= 0.6 is 11.6 Å². The number of nitrogens with zero attached hydrogens (tertiary/aromatic N) is 4. The molecule has 1 aromatic carbocycles. The molecule has 1 saturated heterocycles. The Kier molecular flexibility index (Phi) is 6.03. The average molecular weight is 499 g/mol. The number of hydrogen-bond acceptors (Lipinski definition) is 4. The summed E-state index contributed by atoms with van der Waals surface area (Å²) in [7, 11) is 0. The highest BCUT2D eigenvalue weighted by molar-refractivity contribution is 6.33. The molecular formula is C31H35ClN4. The van der Waals surface area contributed by atoms with Gasteiger partial charge < -0.3 is 9.80 Å². The van der Waals surface area contributed by atoms with Crippen LogP contribution < -0.4 is 0 Å². The normalized spacial score (nSPS) is 21.7. The number of fused-ring (bicyclic) bond motifs is 1. The molecule has 0 amide bonds. The van der Waals surface area contributed by atoms with Crippen molar-refractivity contribution in [1.82, 2.24) is 14.8 Å². The number of aromatic nitrogens is 1. The Balaban J connectivity index is 1.25. The van der Waals surface area contributed by atoms with Crippen molar-refractivity contribution in [1.29, 1.82) is 0 Å². The minimum absolute atomic E-state index is 0.413. The second-order valence-electron chi connectivity index (χ2n) is 11.1. The lowest BCUT2D eigenvalue weighted by molar-refractivity contribution is 0.157. The summed E-state index contributed by atoms with van der Waals surface area (Å²) in [5.74, 6) is 1.57. The van der Waals surface area contributed by atoms with Crippen LogP contribution in [0, 0.1) is 5.41 Å². The molecule has 2 aliphatic carbocycles. The highest BCUT2D eigenvalue weighted by Gasteiger charge is 2.41. The molecule has 2 aromatic rings. The summed E-state index contributed by atoms with van der Waals surface area (Å²) < 4.78 is 0. The number of hydrogen-bond donors (Lipinski definition) is 0. The third-order valence-electron chi connectivity index (χ3n) is 8.40. The molecule has 1 saturated carbocycles. The van der Waals surface area contributed by atoms with Crippen LogP contribution in [0.3, 0.4) is 0 Å². The van der Waals surface area contributed by atoms with Gasteiger partial charge in [-0.3, -0.25) is 4.98 Å². The van der Waals surface area contributed by atoms with Gasteiger partial charge in [0.2, 0.25) is 0 Å². The molecule has 36 heavy (non-hydrogen) atoms. The fraction of sp³-hybridized carbons (Fsp3) is 0.419. The van der Waals surface area contributed by atoms with Gasteiger partial charge >= 0.3 is 0 Å². The SMILES string of the molecule is C/C=C1/C(N2CCC3(CC2)Cc2ccccc2C3)=NC=CN1C(=C(C)C)c1ccnc(C2CC2)c1Cl. The van der Waals surface area contributed by atoms with E-state index in [9.17, 15) is 0 Å². The number of likely N-dealkylation sites (tertiary alicyclic amines) is 1. The second-order valence-corrected chi connectivity index (χ2v) is 11.5. The standard InChI is InChI=1S/C31H35ClN4/c1-4-26-30(35-16-12-31(13-17-35)19-23-7-5-6-8-24(23)20-31)34-15-18-36(26)29(21(2)3)25-11-14-33-28(27(25)32)22-9-10-22/h4-8,11,14-15,18,22H,9-10,12-13,16-17,19-20H2,1-3H3/b26-4-. The zero-order valence-corrected chi connectivity index (χ0v) is 22.4. The lowest BCUT2D eigenvalue weighted by Crippen LogP contribution is -2.46. The third-order valence-corrected chi connectivity index (χ3v) is 8.79. The molecule has 5 heteroatoms. The van der Waals surface area contributed by atoms with Gasteiger partial charge in [0, 0.05) is 43.2 Å². The van der Waals surface area contributed by atoms with Crippen molar-refractivity contribution in [3.63, 3.8) is 0 Å². The highest BCUT2D eigenvalue weighted by atomic mass is 35.5. The zero-order chi connectivity index (χ0) is 24.9. The van der Waals surface area contributed by atoms with E-state index in [-0.39, 0.29) is 0 Å². The third kappa shape index (κ3) is 4.10. The molecule has 186 valence electrons. The first-order valence-electron chi connectivity index (χ1n) is 13.3. The van der Waals surface area contributed by atoms with Crippen molar-refractivity contribution in [2.75, 3.05) is 13.1 Å². The fourth-order valence-corrected chi connectivity index (χ4v) is 6.73. The first kappa shape index (κ1) is 23.5. The van der Waals surface area contributed by atoms with E-state index in [1.54, 1.807) is 11.1 Å². The molecule has 1 spiro atoms. The number of halogens is 1. The van der Waals surface area contributed by atoms with Crippen molar-refractivity contribution in [2.45, 2.75) is 65.2 Å². The number of allylic oxidation sites excluding steroid dienone is 2. The quantitative estimate of drug-likeness (QED) is 0.443. The molecule has 1 aromatic heterocycles. The van der Waals surface area contributed by atoms with E-state index >= 15 is 0 Å². The van der Waals surface area contributed by atoms with E-state index in [0.29, 0.717) is 11.3 Å². The van der Waals surface area contributed by atoms with Crippen LogP contribution in [0.15, 0.2) is 71.3 Å². The fourth-order valence-electron chi connectivity index (χ4n) is 6.38. The smallest absolute Gasteiger partial charge is 0.152 e. The monoisotopic (exact) mass is 498 g/mol. The van der Waals surface area contributed by atoms with Crippen LogP contribution in [0.1, 0.15) is 74.8 Å². The van der Waals surface area contributed by atoms with Crippen LogP contribution in [0.4, 0.5) is 0 Å². The van der Waals surface area contributed by atoms with E-state index in [1.165, 1.54) is 44.1 Å². The molecule has 4 nitrogen and oxygen atoms in total. The number of aliphatic imine (C=N–C) groups is 1. The van der Waals surface area contributed by atoms with Gasteiger partial charge in [0.05, 0.1) is 22.1 Å². The average Bonchev–Trinajstić information content (AvgIpc) is 3.66. The summed E-state index contributed by atoms with van der Waals surface area (Å²) in [5, 5.41) is 0.796. The summed E-state index contributed by atoms with van der Waals surface area (Å²) in [6, 6.07) is 11.1. The van der Waals surface area contributed by atoms with Crippen molar-refractivity contribution in [3.05, 3.63) is 93.7 Å². The summed E-state index contributed by atoms with van der Waals surface area (Å²) in [4.78, 5) is 14.3. The predicted molar refractivity (Wildman–Crippen MR) is 149 cm³/mol. The Labute approximate surface area is 220 Å². The predicted octanol–water partition coefficient (Wildman–Crippen LogP) is 7.33. The summed E-state index contributed by atoms with van der Waals surface area (Å²) in [6.45, 7) is 8.52. The summed E-state index contributed by atoms with van der Waals surface area (Å²) in [6.07, 6.45) is 15.3. The molecule has 0 unspecified atom stereocenters. The minimum atomic E-state index is 0.413. The van der Waals surface area contributed by atoms with E-state index in [2.05, 4.69) is 78.2 Å². The first-order chi connectivity index (χ1) is 17.5. The van der Waals surface area contributed by atoms with Crippen molar-refractivity contribution in [2.24, 2.45) is 10.4 Å². The Morgan fingerprint density at radius 1 is 1.06 bits per heavy atom. The second kappa shape index (κ2) is 9.23. The number of amidine groups is 1. The Morgan fingerprint density at radius 2 is 1.75 bits per heavy atom. The van der Waals surface area contributed by atoms with Crippen molar-refractivity contribution >= 4 is 23.1 Å². The largest absolute Gasteiger partial charge is 0.355 e.